The number of alkyl halides is 6. The quantitative estimate of drug-likeness (QED) is 0.844. The molecule has 0 bridgehead atoms. The fourth-order valence-corrected chi connectivity index (χ4v) is 2.74. The van der Waals surface area contributed by atoms with E-state index in [0.29, 0.717) is 12.8 Å². The van der Waals surface area contributed by atoms with E-state index in [0.717, 1.165) is 12.4 Å². The van der Waals surface area contributed by atoms with Crippen molar-refractivity contribution in [3.8, 4) is 0 Å². The van der Waals surface area contributed by atoms with Gasteiger partial charge in [0, 0.05) is 18.9 Å². The molecule has 0 atom stereocenters. The summed E-state index contributed by atoms with van der Waals surface area (Å²) in [6.07, 6.45) is -7.18. The summed E-state index contributed by atoms with van der Waals surface area (Å²) in [6.45, 7) is -0.134. The van der Waals surface area contributed by atoms with Gasteiger partial charge in [0.25, 0.3) is 0 Å². The first-order valence-electron chi connectivity index (χ1n) is 7.29. The molecule has 24 heavy (non-hydrogen) atoms. The monoisotopic (exact) mass is 355 g/mol. The van der Waals surface area contributed by atoms with Gasteiger partial charge in [0.1, 0.15) is 5.41 Å². The van der Waals surface area contributed by atoms with Gasteiger partial charge in [-0.1, -0.05) is 12.8 Å². The standard InChI is InChI=1S/C14H15F6N3O/c15-13(16,17)10-22-7-9(8-23-10)3-6-21-11(24)12(14(18,19)20)4-1-2-5-12/h7-8H,1-6H2,(H,21,24). The summed E-state index contributed by atoms with van der Waals surface area (Å²) in [5, 5.41) is 2.23. The van der Waals surface area contributed by atoms with Crippen molar-refractivity contribution in [3.63, 3.8) is 0 Å². The number of aromatic nitrogens is 2. The fraction of sp³-hybridized carbons (Fsp3) is 0.643. The van der Waals surface area contributed by atoms with E-state index >= 15 is 0 Å². The van der Waals surface area contributed by atoms with Crippen molar-refractivity contribution in [1.29, 1.82) is 0 Å². The van der Waals surface area contributed by atoms with Gasteiger partial charge in [-0.25, -0.2) is 9.97 Å². The summed E-state index contributed by atoms with van der Waals surface area (Å²) in [5.41, 5.74) is -2.07. The van der Waals surface area contributed by atoms with Crippen molar-refractivity contribution in [2.45, 2.75) is 44.5 Å². The van der Waals surface area contributed by atoms with Crippen LogP contribution in [-0.2, 0) is 17.4 Å². The van der Waals surface area contributed by atoms with E-state index < -0.39 is 29.5 Å². The summed E-state index contributed by atoms with van der Waals surface area (Å²) < 4.78 is 76.5. The molecule has 10 heteroatoms. The Morgan fingerprint density at radius 1 is 1.08 bits per heavy atom. The zero-order chi connectivity index (χ0) is 18.0. The van der Waals surface area contributed by atoms with Crippen LogP contribution >= 0.6 is 0 Å². The molecule has 0 spiro atoms. The molecule has 0 unspecified atom stereocenters. The lowest BCUT2D eigenvalue weighted by Gasteiger charge is -2.30. The minimum absolute atomic E-state index is 0.0395. The van der Waals surface area contributed by atoms with Crippen molar-refractivity contribution in [3.05, 3.63) is 23.8 Å². The number of carbonyl (C=O) groups is 1. The van der Waals surface area contributed by atoms with Crippen LogP contribution in [0.15, 0.2) is 12.4 Å². The number of rotatable bonds is 4. The van der Waals surface area contributed by atoms with Crippen LogP contribution in [0.1, 0.15) is 37.1 Å². The van der Waals surface area contributed by atoms with Gasteiger partial charge in [0.15, 0.2) is 0 Å². The first-order chi connectivity index (χ1) is 11.1. The fourth-order valence-electron chi connectivity index (χ4n) is 2.74. The van der Waals surface area contributed by atoms with Gasteiger partial charge in [-0.2, -0.15) is 26.3 Å². The molecule has 1 aromatic heterocycles. The van der Waals surface area contributed by atoms with Crippen LogP contribution in [0.4, 0.5) is 26.3 Å². The highest BCUT2D eigenvalue weighted by molar-refractivity contribution is 5.83. The highest BCUT2D eigenvalue weighted by Crippen LogP contribution is 2.50. The Kier molecular flexibility index (Phi) is 5.05. The van der Waals surface area contributed by atoms with E-state index in [2.05, 4.69) is 15.3 Å². The normalized spacial score (nSPS) is 17.8. The van der Waals surface area contributed by atoms with Gasteiger partial charge in [0.05, 0.1) is 0 Å². The average Bonchev–Trinajstić information content (AvgIpc) is 2.97. The molecule has 1 aliphatic carbocycles. The van der Waals surface area contributed by atoms with Crippen molar-refractivity contribution in [2.75, 3.05) is 6.54 Å². The summed E-state index contributed by atoms with van der Waals surface area (Å²) in [4.78, 5) is 18.3. The number of amides is 1. The van der Waals surface area contributed by atoms with E-state index in [1.165, 1.54) is 0 Å². The molecule has 2 rings (SSSR count). The highest BCUT2D eigenvalue weighted by atomic mass is 19.4. The summed E-state index contributed by atoms with van der Waals surface area (Å²) in [7, 11) is 0. The zero-order valence-electron chi connectivity index (χ0n) is 12.5. The molecule has 1 amide bonds. The molecule has 1 aliphatic rings. The van der Waals surface area contributed by atoms with Crippen LogP contribution in [0.5, 0.6) is 0 Å². The second kappa shape index (κ2) is 6.56. The molecule has 1 heterocycles. The third-order valence-electron chi connectivity index (χ3n) is 4.09. The molecule has 0 aromatic carbocycles. The van der Waals surface area contributed by atoms with Gasteiger partial charge < -0.3 is 5.32 Å². The van der Waals surface area contributed by atoms with E-state index in [-0.39, 0.29) is 31.4 Å². The lowest BCUT2D eigenvalue weighted by Crippen LogP contribution is -2.49. The van der Waals surface area contributed by atoms with Crippen LogP contribution in [0, 0.1) is 5.41 Å². The molecule has 1 N–H and O–H groups in total. The van der Waals surface area contributed by atoms with E-state index in [1.807, 2.05) is 0 Å². The molecule has 134 valence electrons. The molecule has 1 fully saturated rings. The first-order valence-corrected chi connectivity index (χ1v) is 7.29. The molecule has 4 nitrogen and oxygen atoms in total. The lowest BCUT2D eigenvalue weighted by atomic mass is 9.84. The Labute approximate surface area is 133 Å². The number of halogens is 6. The maximum absolute atomic E-state index is 13.2. The summed E-state index contributed by atoms with van der Waals surface area (Å²) in [5.74, 6) is -2.38. The lowest BCUT2D eigenvalue weighted by molar-refractivity contribution is -0.220. The molecular weight excluding hydrogens is 340 g/mol. The predicted molar refractivity (Wildman–Crippen MR) is 70.7 cm³/mol. The SMILES string of the molecule is O=C(NCCc1cnc(C(F)(F)F)nc1)C1(C(F)(F)F)CCCC1. The van der Waals surface area contributed by atoms with Gasteiger partial charge in [-0.05, 0) is 24.8 Å². The van der Waals surface area contributed by atoms with Crippen molar-refractivity contribution in [2.24, 2.45) is 5.41 Å². The van der Waals surface area contributed by atoms with Crippen LogP contribution in [0.25, 0.3) is 0 Å². The Bertz CT molecular complexity index is 576. The van der Waals surface area contributed by atoms with E-state index in [1.54, 1.807) is 0 Å². The second-order valence-corrected chi connectivity index (χ2v) is 5.71. The average molecular weight is 355 g/mol. The summed E-state index contributed by atoms with van der Waals surface area (Å²) >= 11 is 0. The number of hydrogen-bond acceptors (Lipinski definition) is 3. The Morgan fingerprint density at radius 3 is 2.08 bits per heavy atom. The van der Waals surface area contributed by atoms with Crippen molar-refractivity contribution < 1.29 is 31.1 Å². The molecule has 0 aliphatic heterocycles. The van der Waals surface area contributed by atoms with Gasteiger partial charge in [0.2, 0.25) is 11.7 Å². The second-order valence-electron chi connectivity index (χ2n) is 5.71. The van der Waals surface area contributed by atoms with Crippen LogP contribution < -0.4 is 5.32 Å². The molecular formula is C14H15F6N3O. The first kappa shape index (κ1) is 18.5. The van der Waals surface area contributed by atoms with Gasteiger partial charge >= 0.3 is 12.4 Å². The van der Waals surface area contributed by atoms with Crippen molar-refractivity contribution in [1.82, 2.24) is 15.3 Å². The third kappa shape index (κ3) is 3.78. The minimum Gasteiger partial charge on any atom is -0.355 e. The molecule has 1 saturated carbocycles. The molecule has 0 saturated heterocycles. The molecule has 0 radical (unpaired) electrons. The molecule has 1 aromatic rings. The predicted octanol–water partition coefficient (Wildman–Crippen LogP) is 3.28. The van der Waals surface area contributed by atoms with E-state index in [4.69, 9.17) is 0 Å². The third-order valence-corrected chi connectivity index (χ3v) is 4.09. The van der Waals surface area contributed by atoms with Crippen LogP contribution in [-0.4, -0.2) is 28.6 Å². The number of carbonyl (C=O) groups excluding carboxylic acids is 1. The zero-order valence-corrected chi connectivity index (χ0v) is 12.5. The van der Waals surface area contributed by atoms with Gasteiger partial charge in [-0.15, -0.1) is 0 Å². The van der Waals surface area contributed by atoms with Crippen LogP contribution in [0.2, 0.25) is 0 Å². The van der Waals surface area contributed by atoms with Crippen molar-refractivity contribution >= 4 is 5.91 Å². The van der Waals surface area contributed by atoms with Gasteiger partial charge in [-0.3, -0.25) is 4.79 Å². The highest BCUT2D eigenvalue weighted by Gasteiger charge is 2.60. The largest absolute Gasteiger partial charge is 0.451 e. The number of hydrogen-bond donors (Lipinski definition) is 1. The smallest absolute Gasteiger partial charge is 0.355 e. The maximum atomic E-state index is 13.2. The Hall–Kier alpha value is -1.87. The Balaban J connectivity index is 1.93. The minimum atomic E-state index is -4.66. The Morgan fingerprint density at radius 2 is 1.62 bits per heavy atom. The van der Waals surface area contributed by atoms with Crippen LogP contribution in [0.3, 0.4) is 0 Å². The number of nitrogens with one attached hydrogen (secondary N) is 1. The topological polar surface area (TPSA) is 54.9 Å². The summed E-state index contributed by atoms with van der Waals surface area (Å²) in [6, 6.07) is 0. The van der Waals surface area contributed by atoms with E-state index in [9.17, 15) is 31.1 Å². The maximum Gasteiger partial charge on any atom is 0.451 e. The number of nitrogens with zero attached hydrogens (tertiary/aromatic N) is 2.